The van der Waals surface area contributed by atoms with Gasteiger partial charge < -0.3 is 5.32 Å². The SMILES string of the molecule is CCNc1cc(CSc2ccc(F)c(F)c2)ccn1. The summed E-state index contributed by atoms with van der Waals surface area (Å²) < 4.78 is 25.9. The Hall–Kier alpha value is -1.62. The molecule has 100 valence electrons. The highest BCUT2D eigenvalue weighted by molar-refractivity contribution is 7.98. The van der Waals surface area contributed by atoms with E-state index in [1.165, 1.54) is 17.8 Å². The lowest BCUT2D eigenvalue weighted by Gasteiger charge is -2.06. The van der Waals surface area contributed by atoms with Crippen molar-refractivity contribution in [3.05, 3.63) is 53.7 Å². The van der Waals surface area contributed by atoms with Crippen LogP contribution in [-0.4, -0.2) is 11.5 Å². The lowest BCUT2D eigenvalue weighted by atomic mass is 10.3. The van der Waals surface area contributed by atoms with E-state index in [-0.39, 0.29) is 0 Å². The minimum atomic E-state index is -0.817. The summed E-state index contributed by atoms with van der Waals surface area (Å²) in [6, 6.07) is 7.81. The fraction of sp³-hybridized carbons (Fsp3) is 0.214. The molecule has 0 spiro atoms. The molecule has 1 aromatic heterocycles. The lowest BCUT2D eigenvalue weighted by molar-refractivity contribution is 0.506. The third kappa shape index (κ3) is 3.92. The van der Waals surface area contributed by atoms with E-state index < -0.39 is 11.6 Å². The zero-order chi connectivity index (χ0) is 13.7. The van der Waals surface area contributed by atoms with Crippen molar-refractivity contribution in [2.75, 3.05) is 11.9 Å². The Morgan fingerprint density at radius 1 is 1.16 bits per heavy atom. The number of aromatic nitrogens is 1. The van der Waals surface area contributed by atoms with E-state index in [1.807, 2.05) is 19.1 Å². The first-order valence-corrected chi connectivity index (χ1v) is 6.94. The minimum Gasteiger partial charge on any atom is -0.370 e. The summed E-state index contributed by atoms with van der Waals surface area (Å²) >= 11 is 1.46. The Bertz CT molecular complexity index is 561. The summed E-state index contributed by atoms with van der Waals surface area (Å²) in [5.41, 5.74) is 1.08. The number of hydrogen-bond donors (Lipinski definition) is 1. The van der Waals surface area contributed by atoms with Gasteiger partial charge >= 0.3 is 0 Å². The van der Waals surface area contributed by atoms with E-state index in [1.54, 1.807) is 12.3 Å². The quantitative estimate of drug-likeness (QED) is 0.835. The third-order valence-corrected chi connectivity index (χ3v) is 3.54. The second kappa shape index (κ2) is 6.52. The molecule has 2 rings (SSSR count). The number of nitrogens with zero attached hydrogens (tertiary/aromatic N) is 1. The maximum atomic E-state index is 13.1. The Morgan fingerprint density at radius 2 is 2.00 bits per heavy atom. The number of nitrogens with one attached hydrogen (secondary N) is 1. The first-order chi connectivity index (χ1) is 9.19. The minimum absolute atomic E-state index is 0.686. The predicted molar refractivity (Wildman–Crippen MR) is 74.3 cm³/mol. The van der Waals surface area contributed by atoms with Gasteiger partial charge in [0, 0.05) is 23.4 Å². The van der Waals surface area contributed by atoms with E-state index in [0.717, 1.165) is 24.0 Å². The number of hydrogen-bond acceptors (Lipinski definition) is 3. The second-order valence-electron chi connectivity index (χ2n) is 3.94. The van der Waals surface area contributed by atoms with E-state index >= 15 is 0 Å². The zero-order valence-corrected chi connectivity index (χ0v) is 11.3. The highest BCUT2D eigenvalue weighted by Gasteiger charge is 2.04. The van der Waals surface area contributed by atoms with Crippen LogP contribution in [0, 0.1) is 11.6 Å². The third-order valence-electron chi connectivity index (χ3n) is 2.48. The van der Waals surface area contributed by atoms with Crippen LogP contribution < -0.4 is 5.32 Å². The number of benzene rings is 1. The van der Waals surface area contributed by atoms with E-state index in [4.69, 9.17) is 0 Å². The normalized spacial score (nSPS) is 10.5. The number of pyridine rings is 1. The first kappa shape index (κ1) is 13.8. The van der Waals surface area contributed by atoms with Gasteiger partial charge in [-0.15, -0.1) is 11.8 Å². The molecule has 1 heterocycles. The van der Waals surface area contributed by atoms with E-state index in [9.17, 15) is 8.78 Å². The van der Waals surface area contributed by atoms with Gasteiger partial charge in [0.05, 0.1) is 0 Å². The predicted octanol–water partition coefficient (Wildman–Crippen LogP) is 4.08. The smallest absolute Gasteiger partial charge is 0.159 e. The Kier molecular flexibility index (Phi) is 4.74. The summed E-state index contributed by atoms with van der Waals surface area (Å²) in [7, 11) is 0. The van der Waals surface area contributed by atoms with Crippen molar-refractivity contribution in [1.82, 2.24) is 4.98 Å². The number of anilines is 1. The van der Waals surface area contributed by atoms with Crippen LogP contribution in [0.3, 0.4) is 0 Å². The van der Waals surface area contributed by atoms with E-state index in [0.29, 0.717) is 10.6 Å². The number of thioether (sulfide) groups is 1. The Morgan fingerprint density at radius 3 is 2.74 bits per heavy atom. The molecule has 19 heavy (non-hydrogen) atoms. The molecule has 0 atom stereocenters. The van der Waals surface area contributed by atoms with Gasteiger partial charge in [0.25, 0.3) is 0 Å². The van der Waals surface area contributed by atoms with Crippen molar-refractivity contribution in [2.45, 2.75) is 17.6 Å². The van der Waals surface area contributed by atoms with Gasteiger partial charge in [-0.2, -0.15) is 0 Å². The average molecular weight is 280 g/mol. The van der Waals surface area contributed by atoms with E-state index in [2.05, 4.69) is 10.3 Å². The van der Waals surface area contributed by atoms with Crippen LogP contribution in [0.15, 0.2) is 41.4 Å². The molecule has 0 amide bonds. The second-order valence-corrected chi connectivity index (χ2v) is 4.99. The number of rotatable bonds is 5. The molecule has 0 radical (unpaired) electrons. The molecule has 0 saturated carbocycles. The van der Waals surface area contributed by atoms with Crippen LogP contribution in [0.2, 0.25) is 0 Å². The summed E-state index contributed by atoms with van der Waals surface area (Å²) in [5, 5.41) is 3.13. The van der Waals surface area contributed by atoms with Crippen LogP contribution in [0.4, 0.5) is 14.6 Å². The largest absolute Gasteiger partial charge is 0.370 e. The summed E-state index contributed by atoms with van der Waals surface area (Å²) in [6.45, 7) is 2.82. The molecule has 1 aromatic carbocycles. The zero-order valence-electron chi connectivity index (χ0n) is 10.5. The van der Waals surface area contributed by atoms with Gasteiger partial charge in [0.15, 0.2) is 11.6 Å². The van der Waals surface area contributed by atoms with Crippen molar-refractivity contribution < 1.29 is 8.78 Å². The van der Waals surface area contributed by atoms with Crippen LogP contribution in [0.5, 0.6) is 0 Å². The van der Waals surface area contributed by atoms with Crippen LogP contribution in [0.1, 0.15) is 12.5 Å². The molecule has 0 saturated heterocycles. The Balaban J connectivity index is 2.01. The van der Waals surface area contributed by atoms with Crippen LogP contribution in [0.25, 0.3) is 0 Å². The molecule has 5 heteroatoms. The van der Waals surface area contributed by atoms with Crippen molar-refractivity contribution in [3.63, 3.8) is 0 Å². The molecule has 1 N–H and O–H groups in total. The van der Waals surface area contributed by atoms with Crippen molar-refractivity contribution in [1.29, 1.82) is 0 Å². The fourth-order valence-electron chi connectivity index (χ4n) is 1.58. The molecular weight excluding hydrogens is 266 g/mol. The summed E-state index contributed by atoms with van der Waals surface area (Å²) in [5.74, 6) is -0.118. The van der Waals surface area contributed by atoms with Crippen LogP contribution in [-0.2, 0) is 5.75 Å². The van der Waals surface area contributed by atoms with Crippen LogP contribution >= 0.6 is 11.8 Å². The van der Waals surface area contributed by atoms with Gasteiger partial charge in [-0.25, -0.2) is 13.8 Å². The maximum absolute atomic E-state index is 13.1. The maximum Gasteiger partial charge on any atom is 0.159 e. The van der Waals surface area contributed by atoms with Gasteiger partial charge in [-0.3, -0.25) is 0 Å². The van der Waals surface area contributed by atoms with Gasteiger partial charge in [0.1, 0.15) is 5.82 Å². The molecule has 0 bridgehead atoms. The van der Waals surface area contributed by atoms with Crippen molar-refractivity contribution in [2.24, 2.45) is 0 Å². The van der Waals surface area contributed by atoms with Crippen molar-refractivity contribution in [3.8, 4) is 0 Å². The highest BCUT2D eigenvalue weighted by Crippen LogP contribution is 2.24. The average Bonchev–Trinajstić information content (AvgIpc) is 2.41. The summed E-state index contributed by atoms with van der Waals surface area (Å²) in [6.07, 6.45) is 1.74. The molecule has 0 fully saturated rings. The molecule has 0 aliphatic carbocycles. The van der Waals surface area contributed by atoms with Gasteiger partial charge in [0.2, 0.25) is 0 Å². The molecule has 2 aromatic rings. The highest BCUT2D eigenvalue weighted by atomic mass is 32.2. The summed E-state index contributed by atoms with van der Waals surface area (Å²) in [4.78, 5) is 4.89. The fourth-order valence-corrected chi connectivity index (χ4v) is 2.44. The van der Waals surface area contributed by atoms with Gasteiger partial charge in [-0.05, 0) is 42.8 Å². The monoisotopic (exact) mass is 280 g/mol. The Labute approximate surface area is 115 Å². The topological polar surface area (TPSA) is 24.9 Å². The standard InChI is InChI=1S/C14H14F2N2S/c1-2-17-14-7-10(5-6-18-14)9-19-11-3-4-12(15)13(16)8-11/h3-8H,2,9H2,1H3,(H,17,18). The molecular formula is C14H14F2N2S. The molecule has 0 aliphatic heterocycles. The molecule has 0 aliphatic rings. The molecule has 0 unspecified atom stereocenters. The van der Waals surface area contributed by atoms with Gasteiger partial charge in [-0.1, -0.05) is 0 Å². The number of halogens is 2. The molecule has 2 nitrogen and oxygen atoms in total. The first-order valence-electron chi connectivity index (χ1n) is 5.95. The van der Waals surface area contributed by atoms with Crippen molar-refractivity contribution >= 4 is 17.6 Å². The lowest BCUT2D eigenvalue weighted by Crippen LogP contribution is -1.99.